The van der Waals surface area contributed by atoms with Crippen molar-refractivity contribution < 1.29 is 9.90 Å². The molecule has 1 rings (SSSR count). The minimum atomic E-state index is -0.604. The highest BCUT2D eigenvalue weighted by atomic mass is 32.2. The third-order valence-corrected chi connectivity index (χ3v) is 4.90. The average Bonchev–Trinajstić information content (AvgIpc) is 2.09. The number of carboxylic acids is 1. The zero-order valence-electron chi connectivity index (χ0n) is 9.25. The molecule has 2 nitrogen and oxygen atoms in total. The predicted octanol–water partition coefficient (Wildman–Crippen LogP) is 3.16. The van der Waals surface area contributed by atoms with E-state index in [1.807, 2.05) is 0 Å². The van der Waals surface area contributed by atoms with E-state index in [-0.39, 0.29) is 0 Å². The Morgan fingerprint density at radius 1 is 1.57 bits per heavy atom. The Morgan fingerprint density at radius 3 is 2.50 bits per heavy atom. The van der Waals surface area contributed by atoms with Gasteiger partial charge in [0.25, 0.3) is 0 Å². The van der Waals surface area contributed by atoms with Crippen LogP contribution >= 0.6 is 11.8 Å². The van der Waals surface area contributed by atoms with Crippen molar-refractivity contribution in [1.29, 1.82) is 0 Å². The average molecular weight is 216 g/mol. The van der Waals surface area contributed by atoms with E-state index < -0.39 is 10.7 Å². The molecule has 0 radical (unpaired) electrons. The molecule has 1 unspecified atom stereocenters. The van der Waals surface area contributed by atoms with Gasteiger partial charge in [0.2, 0.25) is 0 Å². The van der Waals surface area contributed by atoms with Crippen LogP contribution in [0, 0.1) is 5.92 Å². The molecule has 0 aliphatic heterocycles. The second-order valence-corrected chi connectivity index (χ2v) is 6.14. The highest BCUT2D eigenvalue weighted by molar-refractivity contribution is 8.02. The van der Waals surface area contributed by atoms with Crippen LogP contribution in [-0.2, 0) is 4.79 Å². The first-order valence-corrected chi connectivity index (χ1v) is 6.33. The van der Waals surface area contributed by atoms with Crippen LogP contribution in [0.2, 0.25) is 0 Å². The quantitative estimate of drug-likeness (QED) is 0.767. The fraction of sp³-hybridized carbons (Fsp3) is 0.909. The Labute approximate surface area is 90.5 Å². The van der Waals surface area contributed by atoms with E-state index in [1.165, 1.54) is 0 Å². The highest BCUT2D eigenvalue weighted by Crippen LogP contribution is 2.51. The highest BCUT2D eigenvalue weighted by Gasteiger charge is 2.50. The molecule has 0 heterocycles. The van der Waals surface area contributed by atoms with Crippen LogP contribution in [0.5, 0.6) is 0 Å². The summed E-state index contributed by atoms with van der Waals surface area (Å²) < 4.78 is -0.448. The fourth-order valence-electron chi connectivity index (χ4n) is 1.95. The molecule has 1 saturated carbocycles. The van der Waals surface area contributed by atoms with E-state index in [1.54, 1.807) is 11.8 Å². The van der Waals surface area contributed by atoms with Gasteiger partial charge in [0.1, 0.15) is 4.75 Å². The maximum absolute atomic E-state index is 11.2. The molecule has 82 valence electrons. The number of carbonyl (C=O) groups is 1. The van der Waals surface area contributed by atoms with Crippen molar-refractivity contribution in [2.75, 3.05) is 0 Å². The first kappa shape index (κ1) is 11.9. The third-order valence-electron chi connectivity index (χ3n) is 3.21. The lowest BCUT2D eigenvalue weighted by molar-refractivity contribution is -0.143. The minimum Gasteiger partial charge on any atom is -0.480 e. The van der Waals surface area contributed by atoms with Gasteiger partial charge in [-0.1, -0.05) is 27.2 Å². The van der Waals surface area contributed by atoms with Gasteiger partial charge < -0.3 is 5.11 Å². The summed E-state index contributed by atoms with van der Waals surface area (Å²) in [7, 11) is 0. The lowest BCUT2D eigenvalue weighted by atomic mass is 9.73. The van der Waals surface area contributed by atoms with Crippen LogP contribution in [0.1, 0.15) is 46.5 Å². The number of carboxylic acid groups (broad SMARTS) is 1. The van der Waals surface area contributed by atoms with Crippen LogP contribution in [0.3, 0.4) is 0 Å². The summed E-state index contributed by atoms with van der Waals surface area (Å²) in [6.45, 7) is 6.38. The molecule has 3 heteroatoms. The topological polar surface area (TPSA) is 37.3 Å². The normalized spacial score (nSPS) is 33.5. The second kappa shape index (κ2) is 4.56. The van der Waals surface area contributed by atoms with E-state index in [9.17, 15) is 9.90 Å². The Bertz CT molecular complexity index is 209. The smallest absolute Gasteiger partial charge is 0.319 e. The fourth-order valence-corrected chi connectivity index (χ4v) is 3.65. The Hall–Kier alpha value is -0.180. The predicted molar refractivity (Wildman–Crippen MR) is 60.7 cm³/mol. The van der Waals surface area contributed by atoms with E-state index in [2.05, 4.69) is 20.8 Å². The van der Waals surface area contributed by atoms with Crippen LogP contribution in [0.4, 0.5) is 0 Å². The first-order chi connectivity index (χ1) is 6.54. The molecule has 0 amide bonds. The molecule has 0 aromatic heterocycles. The molecular weight excluding hydrogens is 196 g/mol. The number of hydrogen-bond acceptors (Lipinski definition) is 2. The Balaban J connectivity index is 2.54. The van der Waals surface area contributed by atoms with Gasteiger partial charge >= 0.3 is 5.97 Å². The molecule has 1 N–H and O–H groups in total. The number of rotatable bonds is 5. The summed E-state index contributed by atoms with van der Waals surface area (Å²) in [6, 6.07) is 0. The largest absolute Gasteiger partial charge is 0.480 e. The van der Waals surface area contributed by atoms with E-state index >= 15 is 0 Å². The van der Waals surface area contributed by atoms with Gasteiger partial charge in [0.15, 0.2) is 0 Å². The summed E-state index contributed by atoms with van der Waals surface area (Å²) in [5.41, 5.74) is 0. The lowest BCUT2D eigenvalue weighted by Crippen LogP contribution is -2.48. The van der Waals surface area contributed by atoms with Gasteiger partial charge in [-0.15, -0.1) is 11.8 Å². The summed E-state index contributed by atoms with van der Waals surface area (Å²) in [5.74, 6) is 0.0372. The van der Waals surface area contributed by atoms with Crippen LogP contribution in [-0.4, -0.2) is 21.1 Å². The number of aliphatic carboxylic acids is 1. The van der Waals surface area contributed by atoms with Crippen molar-refractivity contribution in [2.24, 2.45) is 5.92 Å². The van der Waals surface area contributed by atoms with Crippen LogP contribution in [0.15, 0.2) is 0 Å². The maximum atomic E-state index is 11.2. The monoisotopic (exact) mass is 216 g/mol. The summed E-state index contributed by atoms with van der Waals surface area (Å²) in [5, 5.41) is 9.68. The molecule has 1 atom stereocenters. The van der Waals surface area contributed by atoms with Gasteiger partial charge in [0.05, 0.1) is 0 Å². The zero-order valence-corrected chi connectivity index (χ0v) is 10.1. The van der Waals surface area contributed by atoms with Crippen molar-refractivity contribution in [2.45, 2.75) is 56.5 Å². The molecule has 0 bridgehead atoms. The molecule has 0 spiro atoms. The number of hydrogen-bond donors (Lipinski definition) is 1. The van der Waals surface area contributed by atoms with Crippen molar-refractivity contribution in [3.63, 3.8) is 0 Å². The maximum Gasteiger partial charge on any atom is 0.319 e. The van der Waals surface area contributed by atoms with E-state index in [4.69, 9.17) is 0 Å². The Kier molecular flexibility index (Phi) is 3.87. The summed E-state index contributed by atoms with van der Waals surface area (Å²) in [6.07, 6.45) is 3.91. The van der Waals surface area contributed by atoms with Gasteiger partial charge in [-0.25, -0.2) is 0 Å². The molecule has 0 aromatic rings. The van der Waals surface area contributed by atoms with Crippen LogP contribution in [0.25, 0.3) is 0 Å². The van der Waals surface area contributed by atoms with Gasteiger partial charge in [-0.3, -0.25) is 4.79 Å². The second-order valence-electron chi connectivity index (χ2n) is 4.32. The van der Waals surface area contributed by atoms with E-state index in [0.29, 0.717) is 11.2 Å². The van der Waals surface area contributed by atoms with Gasteiger partial charge in [0, 0.05) is 5.25 Å². The number of thioether (sulfide) groups is 1. The molecule has 1 aliphatic rings. The first-order valence-electron chi connectivity index (χ1n) is 5.45. The van der Waals surface area contributed by atoms with Crippen molar-refractivity contribution >= 4 is 17.7 Å². The van der Waals surface area contributed by atoms with Gasteiger partial charge in [-0.05, 0) is 25.2 Å². The zero-order chi connectivity index (χ0) is 10.8. The van der Waals surface area contributed by atoms with Gasteiger partial charge in [-0.2, -0.15) is 0 Å². The van der Waals surface area contributed by atoms with Crippen molar-refractivity contribution in [3.8, 4) is 0 Å². The minimum absolute atomic E-state index is 0.448. The molecule has 1 fully saturated rings. The van der Waals surface area contributed by atoms with Crippen molar-refractivity contribution in [3.05, 3.63) is 0 Å². The van der Waals surface area contributed by atoms with E-state index in [0.717, 1.165) is 25.7 Å². The van der Waals surface area contributed by atoms with Crippen LogP contribution < -0.4 is 0 Å². The standard InChI is InChI=1S/C11H20O2S/c1-4-8(3)14-11(10(12)13)6-9(5-2)7-11/h8-9H,4-7H2,1-3H3,(H,12,13). The molecule has 0 aromatic carbocycles. The SMILES string of the molecule is CCC1CC(SC(C)CC)(C(=O)O)C1. The lowest BCUT2D eigenvalue weighted by Gasteiger charge is -2.44. The Morgan fingerprint density at radius 2 is 2.14 bits per heavy atom. The summed E-state index contributed by atoms with van der Waals surface area (Å²) >= 11 is 1.66. The van der Waals surface area contributed by atoms with Crippen molar-refractivity contribution in [1.82, 2.24) is 0 Å². The summed E-state index contributed by atoms with van der Waals surface area (Å²) in [4.78, 5) is 11.2. The molecular formula is C11H20O2S. The third kappa shape index (κ3) is 2.25. The molecule has 1 aliphatic carbocycles. The molecule has 0 saturated heterocycles. The molecule has 14 heavy (non-hydrogen) atoms.